The zero-order valence-corrected chi connectivity index (χ0v) is 8.47. The molecule has 0 aliphatic heterocycles. The number of halogens is 2. The fourth-order valence-corrected chi connectivity index (χ4v) is 1.33. The van der Waals surface area contributed by atoms with Crippen molar-refractivity contribution in [2.45, 2.75) is 18.9 Å². The third kappa shape index (κ3) is 1.94. The molecule has 0 unspecified atom stereocenters. The molecular formula is C9H9BrFNO. The quantitative estimate of drug-likeness (QED) is 0.814. The lowest BCUT2D eigenvalue weighted by Crippen LogP contribution is -2.00. The highest BCUT2D eigenvalue weighted by Crippen LogP contribution is 2.33. The smallest absolute Gasteiger partial charge is 0.143 e. The first-order valence-electron chi connectivity index (χ1n) is 4.08. The minimum absolute atomic E-state index is 0.277. The molecule has 2 rings (SSSR count). The molecule has 0 heterocycles. The van der Waals surface area contributed by atoms with Crippen LogP contribution in [0.15, 0.2) is 16.6 Å². The van der Waals surface area contributed by atoms with E-state index in [-0.39, 0.29) is 11.9 Å². The van der Waals surface area contributed by atoms with Gasteiger partial charge < -0.3 is 10.5 Å². The highest BCUT2D eigenvalue weighted by molar-refractivity contribution is 9.10. The van der Waals surface area contributed by atoms with Crippen LogP contribution < -0.4 is 10.5 Å². The summed E-state index contributed by atoms with van der Waals surface area (Å²) in [6, 6.07) is 2.84. The van der Waals surface area contributed by atoms with E-state index in [0.29, 0.717) is 15.9 Å². The van der Waals surface area contributed by atoms with Crippen LogP contribution in [0.4, 0.5) is 10.1 Å². The first-order valence-corrected chi connectivity index (χ1v) is 4.87. The summed E-state index contributed by atoms with van der Waals surface area (Å²) < 4.78 is 18.8. The molecule has 0 spiro atoms. The molecule has 1 aromatic rings. The molecule has 0 radical (unpaired) electrons. The molecule has 1 fully saturated rings. The van der Waals surface area contributed by atoms with Crippen LogP contribution in [-0.4, -0.2) is 6.10 Å². The van der Waals surface area contributed by atoms with Crippen molar-refractivity contribution in [2.24, 2.45) is 0 Å². The number of anilines is 1. The first-order chi connectivity index (χ1) is 6.16. The molecule has 13 heavy (non-hydrogen) atoms. The number of nitrogen functional groups attached to an aromatic ring is 1. The summed E-state index contributed by atoms with van der Waals surface area (Å²) in [6.07, 6.45) is 2.41. The lowest BCUT2D eigenvalue weighted by Gasteiger charge is -2.08. The lowest BCUT2D eigenvalue weighted by molar-refractivity contribution is 0.304. The van der Waals surface area contributed by atoms with Crippen LogP contribution in [0.2, 0.25) is 0 Å². The van der Waals surface area contributed by atoms with Gasteiger partial charge in [0, 0.05) is 6.07 Å². The number of hydrogen-bond donors (Lipinski definition) is 1. The van der Waals surface area contributed by atoms with Crippen LogP contribution in [0.5, 0.6) is 5.75 Å². The topological polar surface area (TPSA) is 35.2 Å². The van der Waals surface area contributed by atoms with Crippen molar-refractivity contribution in [3.8, 4) is 5.75 Å². The van der Waals surface area contributed by atoms with Gasteiger partial charge in [-0.3, -0.25) is 0 Å². The Labute approximate surface area is 84.0 Å². The van der Waals surface area contributed by atoms with Gasteiger partial charge in [-0.1, -0.05) is 0 Å². The van der Waals surface area contributed by atoms with Crippen LogP contribution in [0.25, 0.3) is 0 Å². The van der Waals surface area contributed by atoms with Crippen molar-refractivity contribution in [1.82, 2.24) is 0 Å². The third-order valence-electron chi connectivity index (χ3n) is 1.87. The number of hydrogen-bond acceptors (Lipinski definition) is 2. The fraction of sp³-hybridized carbons (Fsp3) is 0.333. The van der Waals surface area contributed by atoms with Crippen molar-refractivity contribution in [3.05, 3.63) is 22.4 Å². The Kier molecular flexibility index (Phi) is 2.15. The molecule has 1 aliphatic rings. The molecule has 0 atom stereocenters. The first kappa shape index (κ1) is 8.81. The van der Waals surface area contributed by atoms with E-state index in [1.54, 1.807) is 6.07 Å². The van der Waals surface area contributed by atoms with Gasteiger partial charge in [0.15, 0.2) is 0 Å². The second-order valence-electron chi connectivity index (χ2n) is 3.12. The summed E-state index contributed by atoms with van der Waals surface area (Å²) in [5.74, 6) is 0.205. The van der Waals surface area contributed by atoms with Crippen molar-refractivity contribution in [3.63, 3.8) is 0 Å². The largest absolute Gasteiger partial charge is 0.488 e. The minimum Gasteiger partial charge on any atom is -0.488 e. The number of nitrogens with two attached hydrogens (primary N) is 1. The summed E-state index contributed by atoms with van der Waals surface area (Å²) in [4.78, 5) is 0. The number of rotatable bonds is 2. The maximum atomic E-state index is 12.9. The van der Waals surface area contributed by atoms with Crippen molar-refractivity contribution in [2.75, 3.05) is 5.73 Å². The summed E-state index contributed by atoms with van der Waals surface area (Å²) in [5.41, 5.74) is 5.93. The Morgan fingerprint density at radius 2 is 2.15 bits per heavy atom. The van der Waals surface area contributed by atoms with E-state index in [2.05, 4.69) is 15.9 Å². The van der Waals surface area contributed by atoms with Crippen LogP contribution >= 0.6 is 15.9 Å². The van der Waals surface area contributed by atoms with E-state index in [9.17, 15) is 4.39 Å². The zero-order chi connectivity index (χ0) is 9.42. The normalized spacial score (nSPS) is 15.8. The van der Waals surface area contributed by atoms with Crippen LogP contribution in [-0.2, 0) is 0 Å². The maximum absolute atomic E-state index is 12.9. The second-order valence-corrected chi connectivity index (χ2v) is 3.98. The Morgan fingerprint density at radius 3 is 2.77 bits per heavy atom. The number of benzene rings is 1. The molecule has 1 aromatic carbocycles. The lowest BCUT2D eigenvalue weighted by atomic mass is 10.3. The predicted molar refractivity (Wildman–Crippen MR) is 52.2 cm³/mol. The van der Waals surface area contributed by atoms with E-state index in [0.717, 1.165) is 12.8 Å². The molecule has 70 valence electrons. The average molecular weight is 246 g/mol. The molecule has 1 aliphatic carbocycles. The van der Waals surface area contributed by atoms with Crippen molar-refractivity contribution in [1.29, 1.82) is 0 Å². The third-order valence-corrected chi connectivity index (χ3v) is 2.48. The van der Waals surface area contributed by atoms with Gasteiger partial charge in [-0.05, 0) is 34.8 Å². The zero-order valence-electron chi connectivity index (χ0n) is 6.89. The molecule has 1 saturated carbocycles. The Morgan fingerprint density at radius 1 is 1.46 bits per heavy atom. The van der Waals surface area contributed by atoms with Crippen LogP contribution in [0.1, 0.15) is 12.8 Å². The summed E-state index contributed by atoms with van der Waals surface area (Å²) in [5, 5.41) is 0. The molecule has 2 N–H and O–H groups in total. The maximum Gasteiger partial charge on any atom is 0.143 e. The molecule has 0 amide bonds. The van der Waals surface area contributed by atoms with E-state index < -0.39 is 0 Å². The van der Waals surface area contributed by atoms with Gasteiger partial charge >= 0.3 is 0 Å². The standard InChI is InChI=1S/C9H9BrFNO/c10-6-3-9(13-5-1-2-5)8(12)4-7(6)11/h3-5H,1-2,12H2. The van der Waals surface area contributed by atoms with E-state index in [1.807, 2.05) is 0 Å². The molecule has 0 bridgehead atoms. The summed E-state index contributed by atoms with van der Waals surface area (Å²) in [7, 11) is 0. The Bertz CT molecular complexity index is 339. The highest BCUT2D eigenvalue weighted by Gasteiger charge is 2.24. The van der Waals surface area contributed by atoms with Crippen molar-refractivity contribution >= 4 is 21.6 Å². The van der Waals surface area contributed by atoms with Gasteiger partial charge in [0.2, 0.25) is 0 Å². The van der Waals surface area contributed by atoms with Gasteiger partial charge in [-0.15, -0.1) is 0 Å². The monoisotopic (exact) mass is 245 g/mol. The van der Waals surface area contributed by atoms with Gasteiger partial charge in [0.25, 0.3) is 0 Å². The van der Waals surface area contributed by atoms with Gasteiger partial charge in [0.1, 0.15) is 11.6 Å². The van der Waals surface area contributed by atoms with Crippen molar-refractivity contribution < 1.29 is 9.13 Å². The van der Waals surface area contributed by atoms with Gasteiger partial charge in [-0.25, -0.2) is 4.39 Å². The molecule has 0 aromatic heterocycles. The molecule has 0 saturated heterocycles. The summed E-state index contributed by atoms with van der Waals surface area (Å²) >= 11 is 3.08. The molecule has 2 nitrogen and oxygen atoms in total. The van der Waals surface area contributed by atoms with E-state index in [1.165, 1.54) is 6.07 Å². The van der Waals surface area contributed by atoms with Gasteiger partial charge in [-0.2, -0.15) is 0 Å². The SMILES string of the molecule is Nc1cc(F)c(Br)cc1OC1CC1. The highest BCUT2D eigenvalue weighted by atomic mass is 79.9. The summed E-state index contributed by atoms with van der Waals surface area (Å²) in [6.45, 7) is 0. The number of ether oxygens (including phenoxy) is 1. The van der Waals surface area contributed by atoms with Crippen LogP contribution in [0, 0.1) is 5.82 Å². The second kappa shape index (κ2) is 3.18. The minimum atomic E-state index is -0.361. The molecule has 4 heteroatoms. The Hall–Kier alpha value is -0.770. The van der Waals surface area contributed by atoms with E-state index in [4.69, 9.17) is 10.5 Å². The van der Waals surface area contributed by atoms with E-state index >= 15 is 0 Å². The molecular weight excluding hydrogens is 237 g/mol. The van der Waals surface area contributed by atoms with Gasteiger partial charge in [0.05, 0.1) is 16.3 Å². The average Bonchev–Trinajstić information content (AvgIpc) is 2.84. The Balaban J connectivity index is 2.27. The predicted octanol–water partition coefficient (Wildman–Crippen LogP) is 2.71. The van der Waals surface area contributed by atoms with Crippen LogP contribution in [0.3, 0.4) is 0 Å². The fourth-order valence-electron chi connectivity index (χ4n) is 1.01.